The Balaban J connectivity index is 3.18. The van der Waals surface area contributed by atoms with Gasteiger partial charge in [-0.2, -0.15) is 0 Å². The van der Waals surface area contributed by atoms with E-state index in [0.717, 1.165) is 17.7 Å². The fourth-order valence-electron chi connectivity index (χ4n) is 1.68. The number of methoxy groups -OCH3 is 1. The Morgan fingerprint density at radius 3 is 2.67 bits per heavy atom. The molecule has 1 unspecified atom stereocenters. The lowest BCUT2D eigenvalue weighted by molar-refractivity contribution is -0.118. The number of hydrogen-bond acceptors (Lipinski definition) is 4. The van der Waals surface area contributed by atoms with Gasteiger partial charge in [-0.1, -0.05) is 6.92 Å². The van der Waals surface area contributed by atoms with E-state index in [1.165, 1.54) is 6.33 Å². The standard InChI is InChI=1S/C11H16N2O2/c1-5-9(8(3)14)10-7(2)11(15-4)13-6-12-10/h6,9H,5H2,1-4H3. The van der Waals surface area contributed by atoms with Crippen LogP contribution in [0.2, 0.25) is 0 Å². The SMILES string of the molecule is CCC(C(C)=O)c1ncnc(OC)c1C. The molecule has 1 rings (SSSR count). The van der Waals surface area contributed by atoms with Gasteiger partial charge in [0.25, 0.3) is 0 Å². The lowest BCUT2D eigenvalue weighted by Gasteiger charge is -2.14. The van der Waals surface area contributed by atoms with Crippen LogP contribution >= 0.6 is 0 Å². The average Bonchev–Trinajstić information content (AvgIpc) is 2.21. The molecule has 0 amide bonds. The quantitative estimate of drug-likeness (QED) is 0.758. The van der Waals surface area contributed by atoms with Crippen LogP contribution in [0, 0.1) is 6.92 Å². The van der Waals surface area contributed by atoms with E-state index in [1.54, 1.807) is 14.0 Å². The smallest absolute Gasteiger partial charge is 0.219 e. The highest BCUT2D eigenvalue weighted by molar-refractivity contribution is 5.83. The van der Waals surface area contributed by atoms with Crippen molar-refractivity contribution in [1.82, 2.24) is 9.97 Å². The Hall–Kier alpha value is -1.45. The normalized spacial score (nSPS) is 12.3. The number of nitrogens with zero attached hydrogens (tertiary/aromatic N) is 2. The lowest BCUT2D eigenvalue weighted by Crippen LogP contribution is -2.12. The Kier molecular flexibility index (Phi) is 3.77. The number of Topliss-reactive ketones (excluding diaryl/α,β-unsaturated/α-hetero) is 1. The van der Waals surface area contributed by atoms with E-state index in [1.807, 2.05) is 13.8 Å². The molecular weight excluding hydrogens is 192 g/mol. The molecule has 1 aromatic heterocycles. The molecular formula is C11H16N2O2. The van der Waals surface area contributed by atoms with Crippen LogP contribution in [0.4, 0.5) is 0 Å². The molecule has 0 spiro atoms. The predicted octanol–water partition coefficient (Wildman–Crippen LogP) is 1.88. The van der Waals surface area contributed by atoms with Crippen LogP contribution in [-0.4, -0.2) is 22.9 Å². The first-order chi connectivity index (χ1) is 7.11. The number of hydrogen-bond donors (Lipinski definition) is 0. The monoisotopic (exact) mass is 208 g/mol. The van der Waals surface area contributed by atoms with Gasteiger partial charge >= 0.3 is 0 Å². The molecule has 1 atom stereocenters. The summed E-state index contributed by atoms with van der Waals surface area (Å²) in [7, 11) is 1.56. The fraction of sp³-hybridized carbons (Fsp3) is 0.545. The summed E-state index contributed by atoms with van der Waals surface area (Å²) in [6.45, 7) is 5.43. The Bertz CT molecular complexity index is 364. The second kappa shape index (κ2) is 4.87. The fourth-order valence-corrected chi connectivity index (χ4v) is 1.68. The van der Waals surface area contributed by atoms with E-state index in [2.05, 4.69) is 9.97 Å². The first-order valence-corrected chi connectivity index (χ1v) is 4.97. The first-order valence-electron chi connectivity index (χ1n) is 4.97. The number of carbonyl (C=O) groups is 1. The van der Waals surface area contributed by atoms with Gasteiger partial charge in [-0.15, -0.1) is 0 Å². The van der Waals surface area contributed by atoms with E-state index < -0.39 is 0 Å². The second-order valence-corrected chi connectivity index (χ2v) is 3.46. The van der Waals surface area contributed by atoms with Crippen molar-refractivity contribution in [3.8, 4) is 5.88 Å². The highest BCUT2D eigenvalue weighted by Gasteiger charge is 2.20. The van der Waals surface area contributed by atoms with Crippen LogP contribution in [0.25, 0.3) is 0 Å². The third-order valence-corrected chi connectivity index (χ3v) is 2.50. The lowest BCUT2D eigenvalue weighted by atomic mass is 9.95. The summed E-state index contributed by atoms with van der Waals surface area (Å²) in [6, 6.07) is 0. The second-order valence-electron chi connectivity index (χ2n) is 3.46. The van der Waals surface area contributed by atoms with E-state index >= 15 is 0 Å². The summed E-state index contributed by atoms with van der Waals surface area (Å²) >= 11 is 0. The van der Waals surface area contributed by atoms with E-state index in [-0.39, 0.29) is 11.7 Å². The maximum absolute atomic E-state index is 11.4. The molecule has 0 saturated heterocycles. The van der Waals surface area contributed by atoms with Gasteiger partial charge in [-0.05, 0) is 20.3 Å². The molecule has 0 aromatic carbocycles. The van der Waals surface area contributed by atoms with Gasteiger partial charge in [0.2, 0.25) is 5.88 Å². The van der Waals surface area contributed by atoms with Gasteiger partial charge < -0.3 is 4.74 Å². The molecule has 0 N–H and O–H groups in total. The van der Waals surface area contributed by atoms with E-state index in [9.17, 15) is 4.79 Å². The molecule has 1 heterocycles. The number of carbonyl (C=O) groups excluding carboxylic acids is 1. The van der Waals surface area contributed by atoms with Crippen molar-refractivity contribution in [2.24, 2.45) is 0 Å². The van der Waals surface area contributed by atoms with Crippen molar-refractivity contribution < 1.29 is 9.53 Å². The van der Waals surface area contributed by atoms with Crippen LogP contribution in [0.5, 0.6) is 5.88 Å². The molecule has 0 aliphatic rings. The van der Waals surface area contributed by atoms with Crippen LogP contribution in [-0.2, 0) is 4.79 Å². The Labute approximate surface area is 89.7 Å². The number of ether oxygens (including phenoxy) is 1. The van der Waals surface area contributed by atoms with Crippen molar-refractivity contribution >= 4 is 5.78 Å². The van der Waals surface area contributed by atoms with E-state index in [4.69, 9.17) is 4.74 Å². The zero-order chi connectivity index (χ0) is 11.4. The molecule has 0 bridgehead atoms. The highest BCUT2D eigenvalue weighted by atomic mass is 16.5. The van der Waals surface area contributed by atoms with Gasteiger partial charge in [-0.3, -0.25) is 4.79 Å². The molecule has 0 aliphatic heterocycles. The summed E-state index contributed by atoms with van der Waals surface area (Å²) in [6.07, 6.45) is 2.18. The van der Waals surface area contributed by atoms with Crippen molar-refractivity contribution in [2.75, 3.05) is 7.11 Å². The molecule has 0 saturated carbocycles. The molecule has 1 aromatic rings. The zero-order valence-corrected chi connectivity index (χ0v) is 9.57. The van der Waals surface area contributed by atoms with Crippen LogP contribution in [0.3, 0.4) is 0 Å². The number of ketones is 1. The van der Waals surface area contributed by atoms with Gasteiger partial charge in [0.15, 0.2) is 0 Å². The van der Waals surface area contributed by atoms with Crippen molar-refractivity contribution in [1.29, 1.82) is 0 Å². The minimum absolute atomic E-state index is 0.126. The van der Waals surface area contributed by atoms with Crippen molar-refractivity contribution in [2.45, 2.75) is 33.1 Å². The van der Waals surface area contributed by atoms with Crippen LogP contribution in [0.1, 0.15) is 37.4 Å². The van der Waals surface area contributed by atoms with Gasteiger partial charge in [0.1, 0.15) is 12.1 Å². The first kappa shape index (κ1) is 11.6. The molecule has 0 radical (unpaired) electrons. The Morgan fingerprint density at radius 1 is 1.53 bits per heavy atom. The predicted molar refractivity (Wildman–Crippen MR) is 57.0 cm³/mol. The maximum atomic E-state index is 11.4. The third-order valence-electron chi connectivity index (χ3n) is 2.50. The van der Waals surface area contributed by atoms with Crippen LogP contribution in [0.15, 0.2) is 6.33 Å². The highest BCUT2D eigenvalue weighted by Crippen LogP contribution is 2.25. The van der Waals surface area contributed by atoms with E-state index in [0.29, 0.717) is 5.88 Å². The van der Waals surface area contributed by atoms with Crippen molar-refractivity contribution in [3.63, 3.8) is 0 Å². The number of aromatic nitrogens is 2. The molecule has 4 heteroatoms. The summed E-state index contributed by atoms with van der Waals surface area (Å²) in [5.74, 6) is 0.517. The van der Waals surface area contributed by atoms with Gasteiger partial charge in [0, 0.05) is 5.56 Å². The topological polar surface area (TPSA) is 52.1 Å². The van der Waals surface area contributed by atoms with Gasteiger partial charge in [-0.25, -0.2) is 9.97 Å². The molecule has 4 nitrogen and oxygen atoms in total. The minimum atomic E-state index is -0.151. The Morgan fingerprint density at radius 2 is 2.20 bits per heavy atom. The summed E-state index contributed by atoms with van der Waals surface area (Å²) in [4.78, 5) is 19.6. The maximum Gasteiger partial charge on any atom is 0.219 e. The van der Waals surface area contributed by atoms with Crippen molar-refractivity contribution in [3.05, 3.63) is 17.6 Å². The number of rotatable bonds is 4. The largest absolute Gasteiger partial charge is 0.481 e. The van der Waals surface area contributed by atoms with Crippen LogP contribution < -0.4 is 4.74 Å². The molecule has 82 valence electrons. The zero-order valence-electron chi connectivity index (χ0n) is 9.57. The summed E-state index contributed by atoms with van der Waals surface area (Å²) < 4.78 is 5.10. The van der Waals surface area contributed by atoms with Gasteiger partial charge in [0.05, 0.1) is 18.7 Å². The average molecular weight is 208 g/mol. The molecule has 0 fully saturated rings. The third kappa shape index (κ3) is 2.32. The molecule has 0 aliphatic carbocycles. The molecule has 15 heavy (non-hydrogen) atoms. The minimum Gasteiger partial charge on any atom is -0.481 e. The summed E-state index contributed by atoms with van der Waals surface area (Å²) in [5, 5.41) is 0. The summed E-state index contributed by atoms with van der Waals surface area (Å²) in [5.41, 5.74) is 1.62.